The van der Waals surface area contributed by atoms with Gasteiger partial charge in [0.25, 0.3) is 11.5 Å². The summed E-state index contributed by atoms with van der Waals surface area (Å²) >= 11 is 0. The first-order valence-corrected chi connectivity index (χ1v) is 6.66. The number of aromatic nitrogens is 1. The molecule has 1 saturated carbocycles. The molecule has 4 nitrogen and oxygen atoms in total. The van der Waals surface area contributed by atoms with E-state index in [2.05, 4.69) is 5.32 Å². The minimum atomic E-state index is -0.420. The standard InChI is InChI=1S/C15H15FN2O2/c1-18-13(14(19)17-11-3-2-4-11)8-9-7-10(16)5-6-12(9)15(18)20/h5-8,11H,2-4H2,1H3,(H,17,19). The van der Waals surface area contributed by atoms with Gasteiger partial charge >= 0.3 is 0 Å². The van der Waals surface area contributed by atoms with Crippen molar-refractivity contribution >= 4 is 16.7 Å². The summed E-state index contributed by atoms with van der Waals surface area (Å²) < 4.78 is 14.6. The zero-order valence-corrected chi connectivity index (χ0v) is 11.1. The van der Waals surface area contributed by atoms with Gasteiger partial charge in [0.15, 0.2) is 0 Å². The Morgan fingerprint density at radius 2 is 2.10 bits per heavy atom. The van der Waals surface area contributed by atoms with Crippen molar-refractivity contribution in [2.75, 3.05) is 0 Å². The number of carbonyl (C=O) groups excluding carboxylic acids is 1. The molecular formula is C15H15FN2O2. The van der Waals surface area contributed by atoms with Crippen molar-refractivity contribution < 1.29 is 9.18 Å². The Morgan fingerprint density at radius 1 is 1.35 bits per heavy atom. The lowest BCUT2D eigenvalue weighted by molar-refractivity contribution is 0.0907. The van der Waals surface area contributed by atoms with E-state index in [4.69, 9.17) is 0 Å². The normalized spacial score (nSPS) is 15.1. The predicted molar refractivity (Wildman–Crippen MR) is 74.3 cm³/mol. The summed E-state index contributed by atoms with van der Waals surface area (Å²) in [7, 11) is 1.56. The van der Waals surface area contributed by atoms with Crippen LogP contribution in [0.2, 0.25) is 0 Å². The first-order valence-electron chi connectivity index (χ1n) is 6.66. The Hall–Kier alpha value is -2.17. The number of hydrogen-bond acceptors (Lipinski definition) is 2. The molecule has 1 aliphatic carbocycles. The van der Waals surface area contributed by atoms with Crippen LogP contribution in [-0.4, -0.2) is 16.5 Å². The summed E-state index contributed by atoms with van der Waals surface area (Å²) in [6.45, 7) is 0. The Bertz CT molecular complexity index is 747. The molecule has 1 N–H and O–H groups in total. The van der Waals surface area contributed by atoms with E-state index in [1.54, 1.807) is 13.1 Å². The van der Waals surface area contributed by atoms with Crippen LogP contribution < -0.4 is 10.9 Å². The summed E-state index contributed by atoms with van der Waals surface area (Å²) in [6.07, 6.45) is 3.07. The Balaban J connectivity index is 2.07. The van der Waals surface area contributed by atoms with Crippen LogP contribution in [0, 0.1) is 5.82 Å². The number of carbonyl (C=O) groups is 1. The number of fused-ring (bicyclic) bond motifs is 1. The molecule has 0 spiro atoms. The van der Waals surface area contributed by atoms with Crippen LogP contribution in [0.1, 0.15) is 29.8 Å². The van der Waals surface area contributed by atoms with E-state index >= 15 is 0 Å². The molecule has 2 aromatic rings. The SMILES string of the molecule is Cn1c(C(=O)NC2CCC2)cc2cc(F)ccc2c1=O. The fraction of sp³-hybridized carbons (Fsp3) is 0.333. The molecule has 0 radical (unpaired) electrons. The van der Waals surface area contributed by atoms with Gasteiger partial charge in [-0.2, -0.15) is 0 Å². The lowest BCUT2D eigenvalue weighted by atomic mass is 9.93. The van der Waals surface area contributed by atoms with E-state index in [0.29, 0.717) is 10.8 Å². The lowest BCUT2D eigenvalue weighted by Crippen LogP contribution is -2.41. The lowest BCUT2D eigenvalue weighted by Gasteiger charge is -2.26. The molecule has 1 aromatic heterocycles. The highest BCUT2D eigenvalue weighted by molar-refractivity contribution is 5.96. The van der Waals surface area contributed by atoms with E-state index in [1.807, 2.05) is 0 Å². The van der Waals surface area contributed by atoms with Crippen LogP contribution in [0.5, 0.6) is 0 Å². The van der Waals surface area contributed by atoms with E-state index in [0.717, 1.165) is 19.3 Å². The van der Waals surface area contributed by atoms with Crippen molar-refractivity contribution in [2.45, 2.75) is 25.3 Å². The van der Waals surface area contributed by atoms with E-state index in [1.165, 1.54) is 22.8 Å². The fourth-order valence-corrected chi connectivity index (χ4v) is 2.41. The second-order valence-corrected chi connectivity index (χ2v) is 5.23. The highest BCUT2D eigenvalue weighted by Crippen LogP contribution is 2.19. The molecule has 0 unspecified atom stereocenters. The molecule has 1 fully saturated rings. The Kier molecular flexibility index (Phi) is 3.04. The van der Waals surface area contributed by atoms with Gasteiger partial charge in [0.05, 0.1) is 0 Å². The first kappa shape index (κ1) is 12.8. The van der Waals surface area contributed by atoms with Gasteiger partial charge in [0.1, 0.15) is 11.5 Å². The van der Waals surface area contributed by atoms with Gasteiger partial charge in [-0.1, -0.05) is 0 Å². The summed E-state index contributed by atoms with van der Waals surface area (Å²) in [4.78, 5) is 24.4. The molecule has 0 aliphatic heterocycles. The molecule has 104 valence electrons. The van der Waals surface area contributed by atoms with Crippen molar-refractivity contribution in [3.05, 3.63) is 46.1 Å². The number of hydrogen-bond donors (Lipinski definition) is 1. The molecule has 1 aromatic carbocycles. The van der Waals surface area contributed by atoms with Gasteiger partial charge in [0.2, 0.25) is 0 Å². The van der Waals surface area contributed by atoms with Crippen LogP contribution in [-0.2, 0) is 7.05 Å². The third kappa shape index (κ3) is 2.09. The third-order valence-corrected chi connectivity index (χ3v) is 3.88. The van der Waals surface area contributed by atoms with Crippen LogP contribution in [0.15, 0.2) is 29.1 Å². The molecule has 0 saturated heterocycles. The number of pyridine rings is 1. The minimum Gasteiger partial charge on any atom is -0.348 e. The average Bonchev–Trinajstić information content (AvgIpc) is 2.37. The van der Waals surface area contributed by atoms with Gasteiger partial charge < -0.3 is 9.88 Å². The van der Waals surface area contributed by atoms with Crippen molar-refractivity contribution in [3.8, 4) is 0 Å². The summed E-state index contributed by atoms with van der Waals surface area (Å²) in [5.41, 5.74) is -0.0266. The maximum atomic E-state index is 13.3. The highest BCUT2D eigenvalue weighted by Gasteiger charge is 2.22. The van der Waals surface area contributed by atoms with Crippen molar-refractivity contribution in [1.82, 2.24) is 9.88 Å². The molecule has 5 heteroatoms. The zero-order valence-electron chi connectivity index (χ0n) is 11.1. The van der Waals surface area contributed by atoms with Gasteiger partial charge in [-0.25, -0.2) is 4.39 Å². The number of nitrogens with zero attached hydrogens (tertiary/aromatic N) is 1. The Morgan fingerprint density at radius 3 is 2.75 bits per heavy atom. The van der Waals surface area contributed by atoms with Gasteiger partial charge in [-0.15, -0.1) is 0 Å². The second kappa shape index (κ2) is 4.74. The van der Waals surface area contributed by atoms with Crippen LogP contribution in [0.3, 0.4) is 0 Å². The number of nitrogens with one attached hydrogen (secondary N) is 1. The quantitative estimate of drug-likeness (QED) is 0.910. The number of amides is 1. The van der Waals surface area contributed by atoms with Crippen LogP contribution in [0.4, 0.5) is 4.39 Å². The van der Waals surface area contributed by atoms with Gasteiger partial charge in [-0.3, -0.25) is 9.59 Å². The van der Waals surface area contributed by atoms with Gasteiger partial charge in [0, 0.05) is 18.5 Å². The summed E-state index contributed by atoms with van der Waals surface area (Å²) in [6, 6.07) is 5.73. The average molecular weight is 274 g/mol. The Labute approximate surface area is 115 Å². The summed E-state index contributed by atoms with van der Waals surface area (Å²) in [5.74, 6) is -0.698. The number of benzene rings is 1. The minimum absolute atomic E-state index is 0.195. The molecule has 20 heavy (non-hydrogen) atoms. The molecule has 1 heterocycles. The van der Waals surface area contributed by atoms with E-state index in [9.17, 15) is 14.0 Å². The first-order chi connectivity index (χ1) is 9.56. The summed E-state index contributed by atoms with van der Waals surface area (Å²) in [5, 5.41) is 3.75. The molecule has 0 bridgehead atoms. The molecule has 0 atom stereocenters. The molecular weight excluding hydrogens is 259 g/mol. The van der Waals surface area contributed by atoms with Crippen molar-refractivity contribution in [2.24, 2.45) is 7.05 Å². The van der Waals surface area contributed by atoms with E-state index < -0.39 is 5.82 Å². The topological polar surface area (TPSA) is 51.1 Å². The smallest absolute Gasteiger partial charge is 0.268 e. The highest BCUT2D eigenvalue weighted by atomic mass is 19.1. The van der Waals surface area contributed by atoms with E-state index in [-0.39, 0.29) is 23.2 Å². The maximum Gasteiger partial charge on any atom is 0.268 e. The molecule has 1 amide bonds. The number of halogens is 1. The van der Waals surface area contributed by atoms with Crippen LogP contribution >= 0.6 is 0 Å². The van der Waals surface area contributed by atoms with Gasteiger partial charge in [-0.05, 0) is 48.9 Å². The zero-order chi connectivity index (χ0) is 14.3. The fourth-order valence-electron chi connectivity index (χ4n) is 2.41. The van der Waals surface area contributed by atoms with Crippen molar-refractivity contribution in [1.29, 1.82) is 0 Å². The van der Waals surface area contributed by atoms with Crippen molar-refractivity contribution in [3.63, 3.8) is 0 Å². The third-order valence-electron chi connectivity index (χ3n) is 3.88. The predicted octanol–water partition coefficient (Wildman–Crippen LogP) is 1.96. The molecule has 1 aliphatic rings. The monoisotopic (exact) mass is 274 g/mol. The largest absolute Gasteiger partial charge is 0.348 e. The number of rotatable bonds is 2. The maximum absolute atomic E-state index is 13.3. The molecule has 3 rings (SSSR count). The van der Waals surface area contributed by atoms with Crippen LogP contribution in [0.25, 0.3) is 10.8 Å². The second-order valence-electron chi connectivity index (χ2n) is 5.23.